The molecule has 1 aliphatic rings. The molecule has 1 aromatic heterocycles. The fraction of sp³-hybridized carbons (Fsp3) is 0.286. The van der Waals surface area contributed by atoms with E-state index in [-0.39, 0.29) is 11.6 Å². The van der Waals surface area contributed by atoms with Crippen LogP contribution in [0.25, 0.3) is 5.69 Å². The van der Waals surface area contributed by atoms with Gasteiger partial charge in [0.25, 0.3) is 0 Å². The molecule has 0 saturated carbocycles. The van der Waals surface area contributed by atoms with Gasteiger partial charge in [-0.3, -0.25) is 4.57 Å². The van der Waals surface area contributed by atoms with Gasteiger partial charge in [0.15, 0.2) is 0 Å². The van der Waals surface area contributed by atoms with Crippen LogP contribution in [0.4, 0.5) is 0 Å². The van der Waals surface area contributed by atoms with Crippen molar-refractivity contribution in [2.24, 2.45) is 0 Å². The minimum absolute atomic E-state index is 0.246. The number of hydrogen-bond donors (Lipinski definition) is 2. The molecule has 1 aromatic carbocycles. The second-order valence-electron chi connectivity index (χ2n) is 4.97. The highest BCUT2D eigenvalue weighted by molar-refractivity contribution is 9.10. The van der Waals surface area contributed by atoms with Gasteiger partial charge in [0.2, 0.25) is 5.88 Å². The van der Waals surface area contributed by atoms with E-state index in [0.29, 0.717) is 34.3 Å². The van der Waals surface area contributed by atoms with Crippen molar-refractivity contribution in [3.05, 3.63) is 43.9 Å². The molecule has 0 fully saturated rings. The second kappa shape index (κ2) is 4.76. The van der Waals surface area contributed by atoms with Gasteiger partial charge in [-0.1, -0.05) is 0 Å². The summed E-state index contributed by atoms with van der Waals surface area (Å²) >= 11 is 3.33. The van der Waals surface area contributed by atoms with Gasteiger partial charge in [-0.2, -0.15) is 5.26 Å². The first-order valence-corrected chi connectivity index (χ1v) is 7.18. The van der Waals surface area contributed by atoms with E-state index in [4.69, 9.17) is 5.26 Å². The molecule has 0 spiro atoms. The number of benzene rings is 1. The molecule has 2 aromatic rings. The van der Waals surface area contributed by atoms with Crippen molar-refractivity contribution >= 4 is 15.9 Å². The van der Waals surface area contributed by atoms with Crippen molar-refractivity contribution in [3.63, 3.8) is 0 Å². The number of hydrogen-bond acceptors (Lipinski definition) is 4. The van der Waals surface area contributed by atoms with Crippen LogP contribution in [-0.2, 0) is 6.54 Å². The van der Waals surface area contributed by atoms with Crippen LogP contribution >= 0.6 is 15.9 Å². The number of aromatic nitrogens is 2. The lowest BCUT2D eigenvalue weighted by molar-refractivity contribution is 0.175. The zero-order chi connectivity index (χ0) is 15.3. The van der Waals surface area contributed by atoms with Gasteiger partial charge >= 0.3 is 5.69 Å². The van der Waals surface area contributed by atoms with Crippen molar-refractivity contribution in [3.8, 4) is 17.6 Å². The first-order chi connectivity index (χ1) is 9.97. The summed E-state index contributed by atoms with van der Waals surface area (Å²) in [6.45, 7) is 2.14. The fourth-order valence-corrected chi connectivity index (χ4v) is 3.13. The van der Waals surface area contributed by atoms with Gasteiger partial charge in [0.1, 0.15) is 17.9 Å². The molecular formula is C14H12BrN3O3. The maximum atomic E-state index is 12.4. The first kappa shape index (κ1) is 13.9. The smallest absolute Gasteiger partial charge is 0.336 e. The molecule has 0 saturated heterocycles. The monoisotopic (exact) mass is 349 g/mol. The summed E-state index contributed by atoms with van der Waals surface area (Å²) in [5.74, 6) is -0.246. The van der Waals surface area contributed by atoms with Crippen LogP contribution in [-0.4, -0.2) is 19.3 Å². The van der Waals surface area contributed by atoms with Crippen LogP contribution in [0.5, 0.6) is 5.88 Å². The fourth-order valence-electron chi connectivity index (χ4n) is 2.70. The van der Waals surface area contributed by atoms with E-state index in [1.54, 1.807) is 19.1 Å². The van der Waals surface area contributed by atoms with E-state index in [2.05, 4.69) is 15.9 Å². The highest BCUT2D eigenvalue weighted by atomic mass is 79.9. The maximum Gasteiger partial charge on any atom is 0.336 e. The van der Waals surface area contributed by atoms with E-state index < -0.39 is 11.8 Å². The van der Waals surface area contributed by atoms with E-state index in [0.717, 1.165) is 0 Å². The molecule has 1 aliphatic heterocycles. The predicted octanol–water partition coefficient (Wildman–Crippen LogP) is 1.72. The molecule has 3 rings (SSSR count). The Hall–Kier alpha value is -2.04. The van der Waals surface area contributed by atoms with E-state index in [9.17, 15) is 15.0 Å². The molecule has 0 radical (unpaired) electrons. The summed E-state index contributed by atoms with van der Waals surface area (Å²) in [5.41, 5.74) is 1.47. The van der Waals surface area contributed by atoms with Crippen LogP contribution in [0.15, 0.2) is 21.4 Å². The number of aromatic hydroxyl groups is 1. The average Bonchev–Trinajstić information content (AvgIpc) is 2.95. The molecule has 21 heavy (non-hydrogen) atoms. The topological polar surface area (TPSA) is 91.2 Å². The SMILES string of the molecule is Cc1c(-n2c(O)c3n(c2=O)CC[C@H]3O)ccc(C#N)c1Br. The number of rotatable bonds is 1. The van der Waals surface area contributed by atoms with Crippen LogP contribution in [0.2, 0.25) is 0 Å². The number of nitriles is 1. The Labute approximate surface area is 128 Å². The van der Waals surface area contributed by atoms with E-state index in [1.807, 2.05) is 6.07 Å². The van der Waals surface area contributed by atoms with Crippen molar-refractivity contribution in [1.82, 2.24) is 9.13 Å². The number of aliphatic hydroxyl groups excluding tert-OH is 1. The second-order valence-corrected chi connectivity index (χ2v) is 5.76. The maximum absolute atomic E-state index is 12.4. The highest BCUT2D eigenvalue weighted by Crippen LogP contribution is 2.35. The van der Waals surface area contributed by atoms with Gasteiger partial charge < -0.3 is 10.2 Å². The highest BCUT2D eigenvalue weighted by Gasteiger charge is 2.31. The van der Waals surface area contributed by atoms with Gasteiger partial charge in [-0.25, -0.2) is 9.36 Å². The molecule has 6 nitrogen and oxygen atoms in total. The van der Waals surface area contributed by atoms with Crippen LogP contribution < -0.4 is 5.69 Å². The Morgan fingerprint density at radius 2 is 2.19 bits per heavy atom. The van der Waals surface area contributed by atoms with E-state index >= 15 is 0 Å². The van der Waals surface area contributed by atoms with Gasteiger partial charge in [-0.05, 0) is 47.0 Å². The lowest BCUT2D eigenvalue weighted by Gasteiger charge is -2.11. The van der Waals surface area contributed by atoms with Gasteiger partial charge in [0, 0.05) is 11.0 Å². The van der Waals surface area contributed by atoms with Crippen molar-refractivity contribution in [2.75, 3.05) is 0 Å². The summed E-state index contributed by atoms with van der Waals surface area (Å²) in [7, 11) is 0. The summed E-state index contributed by atoms with van der Waals surface area (Å²) in [5, 5.41) is 29.2. The quantitative estimate of drug-likeness (QED) is 0.819. The van der Waals surface area contributed by atoms with Crippen LogP contribution in [0, 0.1) is 18.3 Å². The molecule has 2 heterocycles. The summed E-state index contributed by atoms with van der Waals surface area (Å²) in [4.78, 5) is 12.4. The number of imidazole rings is 1. The van der Waals surface area contributed by atoms with Crippen molar-refractivity contribution in [2.45, 2.75) is 26.0 Å². The predicted molar refractivity (Wildman–Crippen MR) is 78.4 cm³/mol. The van der Waals surface area contributed by atoms with Crippen molar-refractivity contribution < 1.29 is 10.2 Å². The molecule has 7 heteroatoms. The zero-order valence-electron chi connectivity index (χ0n) is 11.2. The lowest BCUT2D eigenvalue weighted by atomic mass is 10.1. The van der Waals surface area contributed by atoms with Crippen LogP contribution in [0.3, 0.4) is 0 Å². The Bertz CT molecular complexity index is 845. The molecule has 0 bridgehead atoms. The largest absolute Gasteiger partial charge is 0.493 e. The third kappa shape index (κ3) is 1.83. The van der Waals surface area contributed by atoms with E-state index in [1.165, 1.54) is 9.13 Å². The number of aliphatic hydroxyl groups is 1. The number of nitrogens with zero attached hydrogens (tertiary/aromatic N) is 3. The summed E-state index contributed by atoms with van der Waals surface area (Å²) < 4.78 is 3.13. The minimum Gasteiger partial charge on any atom is -0.493 e. The molecular weight excluding hydrogens is 338 g/mol. The Kier molecular flexibility index (Phi) is 3.15. The molecule has 108 valence electrons. The molecule has 0 unspecified atom stereocenters. The average molecular weight is 350 g/mol. The molecule has 0 aliphatic carbocycles. The van der Waals surface area contributed by atoms with Gasteiger partial charge in [-0.15, -0.1) is 0 Å². The lowest BCUT2D eigenvalue weighted by Crippen LogP contribution is -2.23. The number of halogens is 1. The molecule has 1 atom stereocenters. The molecule has 0 amide bonds. The zero-order valence-corrected chi connectivity index (χ0v) is 12.8. The van der Waals surface area contributed by atoms with Gasteiger partial charge in [0.05, 0.1) is 11.3 Å². The Morgan fingerprint density at radius 3 is 2.81 bits per heavy atom. The Morgan fingerprint density at radius 1 is 1.48 bits per heavy atom. The molecule has 2 N–H and O–H groups in total. The van der Waals surface area contributed by atoms with Crippen molar-refractivity contribution in [1.29, 1.82) is 5.26 Å². The standard InChI is InChI=1S/C14H12BrN3O3/c1-7-9(3-2-8(6-16)11(7)15)18-13(20)12-10(19)4-5-17(12)14(18)21/h2-3,10,19-20H,4-5H2,1H3/t10-/m1/s1. The number of fused-ring (bicyclic) bond motifs is 1. The van der Waals surface area contributed by atoms with Crippen LogP contribution in [0.1, 0.15) is 29.3 Å². The summed E-state index contributed by atoms with van der Waals surface area (Å²) in [6.07, 6.45) is -0.407. The third-order valence-electron chi connectivity index (χ3n) is 3.81. The minimum atomic E-state index is -0.832. The normalized spacial score (nSPS) is 16.8. The Balaban J connectivity index is 2.30. The first-order valence-electron chi connectivity index (χ1n) is 6.39. The summed E-state index contributed by atoms with van der Waals surface area (Å²) in [6, 6.07) is 5.24. The third-order valence-corrected chi connectivity index (χ3v) is 4.84.